The molecule has 98 valence electrons. The number of furan rings is 1. The van der Waals surface area contributed by atoms with Gasteiger partial charge >= 0.3 is 5.97 Å². The second kappa shape index (κ2) is 5.25. The van der Waals surface area contributed by atoms with Gasteiger partial charge in [0.2, 0.25) is 0 Å². The minimum atomic E-state index is -0.841. The van der Waals surface area contributed by atoms with E-state index in [2.05, 4.69) is 5.32 Å². The molecular weight excluding hydrogens is 234 g/mol. The molecule has 1 fully saturated rings. The Kier molecular flexibility index (Phi) is 3.69. The molecule has 2 rings (SSSR count). The number of aryl methyl sites for hydroxylation is 1. The van der Waals surface area contributed by atoms with E-state index in [1.165, 1.54) is 0 Å². The Morgan fingerprint density at radius 3 is 2.83 bits per heavy atom. The molecule has 0 aliphatic heterocycles. The molecule has 1 aliphatic carbocycles. The average molecular weight is 251 g/mol. The van der Waals surface area contributed by atoms with Crippen LogP contribution in [0.3, 0.4) is 0 Å². The molecular formula is C13H17NO4. The number of hydrogen-bond donors (Lipinski definition) is 2. The van der Waals surface area contributed by atoms with Gasteiger partial charge in [0.1, 0.15) is 5.76 Å². The fraction of sp³-hybridized carbons (Fsp3) is 0.538. The van der Waals surface area contributed by atoms with Crippen molar-refractivity contribution >= 4 is 11.9 Å². The van der Waals surface area contributed by atoms with Crippen molar-refractivity contribution in [3.8, 4) is 0 Å². The van der Waals surface area contributed by atoms with Gasteiger partial charge in [-0.15, -0.1) is 0 Å². The average Bonchev–Trinajstić information content (AvgIpc) is 2.96. The second-order valence-corrected chi connectivity index (χ2v) is 4.58. The summed E-state index contributed by atoms with van der Waals surface area (Å²) in [5, 5.41) is 11.8. The van der Waals surface area contributed by atoms with Crippen molar-refractivity contribution in [1.82, 2.24) is 5.32 Å². The lowest BCUT2D eigenvalue weighted by Crippen LogP contribution is -2.40. The maximum Gasteiger partial charge on any atom is 0.308 e. The summed E-state index contributed by atoms with van der Waals surface area (Å²) >= 11 is 0. The Labute approximate surface area is 105 Å². The Balaban J connectivity index is 2.00. The molecule has 5 nitrogen and oxygen atoms in total. The van der Waals surface area contributed by atoms with E-state index in [1.54, 1.807) is 12.1 Å². The SMILES string of the molecule is CCc1ccc(C(=O)NC2CCCC2C(=O)O)o1. The third-order valence-corrected chi connectivity index (χ3v) is 3.38. The number of amides is 1. The topological polar surface area (TPSA) is 79.5 Å². The first-order chi connectivity index (χ1) is 8.61. The third-order valence-electron chi connectivity index (χ3n) is 3.38. The molecule has 18 heavy (non-hydrogen) atoms. The van der Waals surface area contributed by atoms with Crippen LogP contribution < -0.4 is 5.32 Å². The van der Waals surface area contributed by atoms with Crippen molar-refractivity contribution in [2.75, 3.05) is 0 Å². The van der Waals surface area contributed by atoms with Crippen LogP contribution in [0.15, 0.2) is 16.5 Å². The van der Waals surface area contributed by atoms with Crippen molar-refractivity contribution < 1.29 is 19.1 Å². The molecule has 1 aromatic rings. The summed E-state index contributed by atoms with van der Waals surface area (Å²) in [7, 11) is 0. The summed E-state index contributed by atoms with van der Waals surface area (Å²) in [5.41, 5.74) is 0. The Hall–Kier alpha value is -1.78. The van der Waals surface area contributed by atoms with Crippen LogP contribution in [-0.2, 0) is 11.2 Å². The van der Waals surface area contributed by atoms with E-state index in [1.807, 2.05) is 6.92 Å². The standard InChI is InChI=1S/C13H17NO4/c1-2-8-6-7-11(18-8)12(15)14-10-5-3-4-9(10)13(16)17/h6-7,9-10H,2-5H2,1H3,(H,14,15)(H,16,17). The van der Waals surface area contributed by atoms with E-state index < -0.39 is 11.9 Å². The lowest BCUT2D eigenvalue weighted by Gasteiger charge is -2.16. The van der Waals surface area contributed by atoms with Gasteiger partial charge < -0.3 is 14.8 Å². The smallest absolute Gasteiger partial charge is 0.308 e. The first-order valence-electron chi connectivity index (χ1n) is 6.24. The zero-order valence-corrected chi connectivity index (χ0v) is 10.3. The highest BCUT2D eigenvalue weighted by Gasteiger charge is 2.34. The molecule has 0 aromatic carbocycles. The summed E-state index contributed by atoms with van der Waals surface area (Å²) < 4.78 is 5.34. The van der Waals surface area contributed by atoms with Crippen LogP contribution in [0.25, 0.3) is 0 Å². The quantitative estimate of drug-likeness (QED) is 0.855. The van der Waals surface area contributed by atoms with Crippen LogP contribution in [0.5, 0.6) is 0 Å². The molecule has 1 aliphatic rings. The van der Waals surface area contributed by atoms with E-state index in [4.69, 9.17) is 9.52 Å². The second-order valence-electron chi connectivity index (χ2n) is 4.58. The van der Waals surface area contributed by atoms with Crippen molar-refractivity contribution in [3.05, 3.63) is 23.7 Å². The van der Waals surface area contributed by atoms with Crippen LogP contribution >= 0.6 is 0 Å². The highest BCUT2D eigenvalue weighted by Crippen LogP contribution is 2.26. The fourth-order valence-electron chi connectivity index (χ4n) is 2.36. The molecule has 5 heteroatoms. The lowest BCUT2D eigenvalue weighted by atomic mass is 10.0. The van der Waals surface area contributed by atoms with Crippen molar-refractivity contribution in [1.29, 1.82) is 0 Å². The molecule has 0 radical (unpaired) electrons. The molecule has 1 amide bonds. The van der Waals surface area contributed by atoms with Crippen LogP contribution in [-0.4, -0.2) is 23.0 Å². The van der Waals surface area contributed by atoms with E-state index in [-0.39, 0.29) is 17.7 Å². The van der Waals surface area contributed by atoms with Gasteiger partial charge in [0, 0.05) is 12.5 Å². The molecule has 1 saturated carbocycles. The van der Waals surface area contributed by atoms with E-state index in [0.29, 0.717) is 12.8 Å². The number of carboxylic acids is 1. The highest BCUT2D eigenvalue weighted by atomic mass is 16.4. The lowest BCUT2D eigenvalue weighted by molar-refractivity contribution is -0.142. The van der Waals surface area contributed by atoms with Crippen molar-refractivity contribution in [2.45, 2.75) is 38.6 Å². The largest absolute Gasteiger partial charge is 0.481 e. The molecule has 1 heterocycles. The van der Waals surface area contributed by atoms with Gasteiger partial charge in [0.15, 0.2) is 5.76 Å². The summed E-state index contributed by atoms with van der Waals surface area (Å²) in [6.07, 6.45) is 2.90. The van der Waals surface area contributed by atoms with E-state index >= 15 is 0 Å². The van der Waals surface area contributed by atoms with E-state index in [9.17, 15) is 9.59 Å². The maximum atomic E-state index is 11.9. The van der Waals surface area contributed by atoms with Gasteiger partial charge in [-0.1, -0.05) is 13.3 Å². The molecule has 2 atom stereocenters. The number of carbonyl (C=O) groups excluding carboxylic acids is 1. The molecule has 0 bridgehead atoms. The first kappa shape index (κ1) is 12.7. The maximum absolute atomic E-state index is 11.9. The van der Waals surface area contributed by atoms with Crippen LogP contribution in [0.4, 0.5) is 0 Å². The molecule has 2 N–H and O–H groups in total. The number of nitrogens with one attached hydrogen (secondary N) is 1. The van der Waals surface area contributed by atoms with Gasteiger partial charge in [-0.25, -0.2) is 0 Å². The molecule has 2 unspecified atom stereocenters. The molecule has 0 spiro atoms. The minimum absolute atomic E-state index is 0.253. The third kappa shape index (κ3) is 2.55. The van der Waals surface area contributed by atoms with Gasteiger partial charge in [0.05, 0.1) is 5.92 Å². The van der Waals surface area contributed by atoms with Gasteiger partial charge in [-0.05, 0) is 25.0 Å². The predicted octanol–water partition coefficient (Wildman–Crippen LogP) is 1.83. The van der Waals surface area contributed by atoms with Crippen molar-refractivity contribution in [2.24, 2.45) is 5.92 Å². The van der Waals surface area contributed by atoms with Gasteiger partial charge in [-0.2, -0.15) is 0 Å². The summed E-state index contributed by atoms with van der Waals surface area (Å²) in [6.45, 7) is 1.94. The first-order valence-corrected chi connectivity index (χ1v) is 6.24. The van der Waals surface area contributed by atoms with Crippen LogP contribution in [0.1, 0.15) is 42.5 Å². The monoisotopic (exact) mass is 251 g/mol. The summed E-state index contributed by atoms with van der Waals surface area (Å²) in [5.74, 6) is -0.641. The van der Waals surface area contributed by atoms with Gasteiger partial charge in [0.25, 0.3) is 5.91 Å². The molecule has 0 saturated heterocycles. The Bertz CT molecular complexity index is 452. The van der Waals surface area contributed by atoms with Crippen LogP contribution in [0, 0.1) is 5.92 Å². The highest BCUT2D eigenvalue weighted by molar-refractivity contribution is 5.92. The Morgan fingerprint density at radius 2 is 2.22 bits per heavy atom. The van der Waals surface area contributed by atoms with Crippen molar-refractivity contribution in [3.63, 3.8) is 0 Å². The summed E-state index contributed by atoms with van der Waals surface area (Å²) in [6, 6.07) is 3.10. The predicted molar refractivity (Wildman–Crippen MR) is 64.3 cm³/mol. The van der Waals surface area contributed by atoms with Gasteiger partial charge in [-0.3, -0.25) is 9.59 Å². The summed E-state index contributed by atoms with van der Waals surface area (Å²) in [4.78, 5) is 22.9. The molecule has 1 aromatic heterocycles. The zero-order chi connectivity index (χ0) is 13.1. The minimum Gasteiger partial charge on any atom is -0.481 e. The van der Waals surface area contributed by atoms with Crippen LogP contribution in [0.2, 0.25) is 0 Å². The van der Waals surface area contributed by atoms with E-state index in [0.717, 1.165) is 18.6 Å². The number of carboxylic acid groups (broad SMARTS) is 1. The normalized spacial score (nSPS) is 22.9. The Morgan fingerprint density at radius 1 is 1.44 bits per heavy atom. The number of aliphatic carboxylic acids is 1. The number of rotatable bonds is 4. The fourth-order valence-corrected chi connectivity index (χ4v) is 2.36. The zero-order valence-electron chi connectivity index (χ0n) is 10.3. The number of hydrogen-bond acceptors (Lipinski definition) is 3. The number of carbonyl (C=O) groups is 2.